The highest BCUT2D eigenvalue weighted by Gasteiger charge is 2.46. The monoisotopic (exact) mass is 472 g/mol. The Morgan fingerprint density at radius 1 is 1.18 bits per heavy atom. The molecule has 0 radical (unpaired) electrons. The van der Waals surface area contributed by atoms with Crippen molar-refractivity contribution in [3.05, 3.63) is 71.0 Å². The molecule has 4 rings (SSSR count). The molecule has 1 aliphatic rings. The number of hydrogen-bond acceptors (Lipinski definition) is 7. The number of carbonyl (C=O) groups excluding carboxylic acids is 3. The van der Waals surface area contributed by atoms with Gasteiger partial charge in [0, 0.05) is 12.0 Å². The Balaban J connectivity index is 1.78. The number of nitrogens with zero attached hydrogens (tertiary/aromatic N) is 2. The first-order chi connectivity index (χ1) is 15.8. The second kappa shape index (κ2) is 9.07. The molecular weight excluding hydrogens is 454 g/mol. The molecule has 2 aromatic carbocycles. The van der Waals surface area contributed by atoms with Gasteiger partial charge in [-0.15, -0.1) is 0 Å². The van der Waals surface area contributed by atoms with Crippen LogP contribution < -0.4 is 4.90 Å². The zero-order valence-corrected chi connectivity index (χ0v) is 18.2. The van der Waals surface area contributed by atoms with Gasteiger partial charge in [0.25, 0.3) is 5.91 Å². The van der Waals surface area contributed by atoms with Crippen LogP contribution in [0.5, 0.6) is 0 Å². The summed E-state index contributed by atoms with van der Waals surface area (Å²) in [6.45, 7) is 1.77. The number of ketones is 1. The van der Waals surface area contributed by atoms with Crippen molar-refractivity contribution in [3.63, 3.8) is 0 Å². The molecule has 170 valence electrons. The third kappa shape index (κ3) is 4.21. The predicted molar refractivity (Wildman–Crippen MR) is 117 cm³/mol. The van der Waals surface area contributed by atoms with Crippen LogP contribution in [0.4, 0.5) is 13.9 Å². The number of ether oxygens (including phenoxy) is 1. The van der Waals surface area contributed by atoms with E-state index in [1.807, 2.05) is 0 Å². The fourth-order valence-corrected chi connectivity index (χ4v) is 4.67. The number of aliphatic hydroxyl groups is 1. The van der Waals surface area contributed by atoms with Gasteiger partial charge < -0.3 is 9.84 Å². The molecule has 0 fully saturated rings. The molecule has 1 unspecified atom stereocenters. The highest BCUT2D eigenvalue weighted by Crippen LogP contribution is 2.44. The molecule has 33 heavy (non-hydrogen) atoms. The number of carbonyl (C=O) groups is 3. The molecule has 0 saturated heterocycles. The number of hydrogen-bond donors (Lipinski definition) is 1. The molecule has 0 bridgehead atoms. The topological polar surface area (TPSA) is 96.8 Å². The average Bonchev–Trinajstić information content (AvgIpc) is 3.30. The third-order valence-electron chi connectivity index (χ3n) is 5.12. The molecule has 1 aromatic heterocycles. The number of rotatable bonds is 7. The normalized spacial score (nSPS) is 16.0. The predicted octanol–water partition coefficient (Wildman–Crippen LogP) is 4.39. The molecule has 1 amide bonds. The smallest absolute Gasteiger partial charge is 0.306 e. The summed E-state index contributed by atoms with van der Waals surface area (Å²) >= 11 is 0.966. The van der Waals surface area contributed by atoms with Gasteiger partial charge in [0.15, 0.2) is 16.7 Å². The molecule has 0 saturated carbocycles. The van der Waals surface area contributed by atoms with E-state index in [1.165, 1.54) is 42.5 Å². The molecule has 3 aromatic rings. The van der Waals surface area contributed by atoms with Crippen LogP contribution in [-0.2, 0) is 19.1 Å². The summed E-state index contributed by atoms with van der Waals surface area (Å²) < 4.78 is 33.7. The molecule has 7 nitrogen and oxygen atoms in total. The van der Waals surface area contributed by atoms with E-state index < -0.39 is 41.1 Å². The van der Waals surface area contributed by atoms with E-state index in [2.05, 4.69) is 4.98 Å². The standard InChI is InChI=1S/C23H18F2N2O5S/c1-2-32-18(29)10-9-16(28)19-20(13-5-3-4-6-14(13)25)27(22(31)21(19)30)23-26-15-8-7-12(24)11-17(15)33-23/h3-8,11,20,30H,2,9-10H2,1H3. The number of amides is 1. The lowest BCUT2D eigenvalue weighted by Crippen LogP contribution is -2.31. The largest absolute Gasteiger partial charge is 0.503 e. The van der Waals surface area contributed by atoms with Crippen molar-refractivity contribution < 1.29 is 33.0 Å². The lowest BCUT2D eigenvalue weighted by molar-refractivity contribution is -0.144. The number of anilines is 1. The highest BCUT2D eigenvalue weighted by atomic mass is 32.1. The lowest BCUT2D eigenvalue weighted by Gasteiger charge is -2.24. The number of aromatic nitrogens is 1. The first kappa shape index (κ1) is 22.5. The fraction of sp³-hybridized carbons (Fsp3) is 0.217. The Bertz CT molecular complexity index is 1300. The van der Waals surface area contributed by atoms with Crippen molar-refractivity contribution in [1.82, 2.24) is 4.98 Å². The fourth-order valence-electron chi connectivity index (χ4n) is 3.65. The summed E-state index contributed by atoms with van der Waals surface area (Å²) in [5.41, 5.74) is 0.0396. The Hall–Kier alpha value is -3.66. The molecule has 0 spiro atoms. The maximum atomic E-state index is 14.8. The molecule has 1 atom stereocenters. The second-order valence-electron chi connectivity index (χ2n) is 7.20. The minimum Gasteiger partial charge on any atom is -0.503 e. The lowest BCUT2D eigenvalue weighted by atomic mass is 9.94. The van der Waals surface area contributed by atoms with Crippen molar-refractivity contribution in [2.75, 3.05) is 11.5 Å². The summed E-state index contributed by atoms with van der Waals surface area (Å²) in [5.74, 6) is -4.28. The van der Waals surface area contributed by atoms with Crippen LogP contribution in [-0.4, -0.2) is 34.4 Å². The average molecular weight is 472 g/mol. The van der Waals surface area contributed by atoms with Crippen LogP contribution in [0.25, 0.3) is 10.2 Å². The van der Waals surface area contributed by atoms with Crippen LogP contribution in [0.3, 0.4) is 0 Å². The van der Waals surface area contributed by atoms with Gasteiger partial charge >= 0.3 is 5.97 Å². The van der Waals surface area contributed by atoms with Gasteiger partial charge in [-0.05, 0) is 31.2 Å². The summed E-state index contributed by atoms with van der Waals surface area (Å²) in [7, 11) is 0. The van der Waals surface area contributed by atoms with Crippen LogP contribution in [0.2, 0.25) is 0 Å². The second-order valence-corrected chi connectivity index (χ2v) is 8.21. The Kier molecular flexibility index (Phi) is 6.19. The van der Waals surface area contributed by atoms with Gasteiger partial charge in [-0.3, -0.25) is 19.3 Å². The van der Waals surface area contributed by atoms with E-state index in [0.717, 1.165) is 16.2 Å². The maximum absolute atomic E-state index is 14.8. The highest BCUT2D eigenvalue weighted by molar-refractivity contribution is 7.22. The summed E-state index contributed by atoms with van der Waals surface area (Å²) in [5, 5.41) is 10.7. The summed E-state index contributed by atoms with van der Waals surface area (Å²) in [6.07, 6.45) is -0.600. The molecule has 2 heterocycles. The Labute approximate surface area is 190 Å². The van der Waals surface area contributed by atoms with E-state index in [1.54, 1.807) is 6.92 Å². The maximum Gasteiger partial charge on any atom is 0.306 e. The van der Waals surface area contributed by atoms with Crippen molar-refractivity contribution in [2.24, 2.45) is 0 Å². The number of aliphatic hydroxyl groups excluding tert-OH is 1. The first-order valence-electron chi connectivity index (χ1n) is 10.1. The van der Waals surface area contributed by atoms with Gasteiger partial charge in [0.05, 0.1) is 28.8 Å². The number of halogens is 2. The Morgan fingerprint density at radius 2 is 1.94 bits per heavy atom. The SMILES string of the molecule is CCOC(=O)CCC(=O)C1=C(O)C(=O)N(c2nc3ccc(F)cc3s2)C1c1ccccc1F. The zero-order chi connectivity index (χ0) is 23.7. The third-order valence-corrected chi connectivity index (χ3v) is 6.13. The number of thiazole rings is 1. The van der Waals surface area contributed by atoms with E-state index in [4.69, 9.17) is 4.74 Å². The van der Waals surface area contributed by atoms with Crippen molar-refractivity contribution >= 4 is 44.3 Å². The minimum atomic E-state index is -1.31. The number of benzene rings is 2. The minimum absolute atomic E-state index is 0.0279. The van der Waals surface area contributed by atoms with Crippen molar-refractivity contribution in [1.29, 1.82) is 0 Å². The number of Topliss-reactive ketones (excluding diaryl/α,β-unsaturated/α-hetero) is 1. The number of fused-ring (bicyclic) bond motifs is 1. The van der Waals surface area contributed by atoms with Crippen LogP contribution >= 0.6 is 11.3 Å². The van der Waals surface area contributed by atoms with Crippen molar-refractivity contribution in [2.45, 2.75) is 25.8 Å². The zero-order valence-electron chi connectivity index (χ0n) is 17.4. The molecule has 10 heteroatoms. The van der Waals surface area contributed by atoms with Gasteiger partial charge in [0.2, 0.25) is 0 Å². The van der Waals surface area contributed by atoms with Gasteiger partial charge in [-0.1, -0.05) is 29.5 Å². The van der Waals surface area contributed by atoms with Crippen molar-refractivity contribution in [3.8, 4) is 0 Å². The molecule has 0 aliphatic carbocycles. The molecular formula is C23H18F2N2O5S. The van der Waals surface area contributed by atoms with E-state index in [0.29, 0.717) is 10.2 Å². The first-order valence-corrected chi connectivity index (χ1v) is 10.9. The van der Waals surface area contributed by atoms with E-state index in [-0.39, 0.29) is 35.7 Å². The van der Waals surface area contributed by atoms with Crippen LogP contribution in [0.1, 0.15) is 31.4 Å². The van der Waals surface area contributed by atoms with Gasteiger partial charge in [-0.25, -0.2) is 13.8 Å². The van der Waals surface area contributed by atoms with Gasteiger partial charge in [-0.2, -0.15) is 0 Å². The van der Waals surface area contributed by atoms with Crippen LogP contribution in [0, 0.1) is 11.6 Å². The molecule has 1 N–H and O–H groups in total. The number of esters is 1. The quantitative estimate of drug-likeness (QED) is 0.513. The van der Waals surface area contributed by atoms with Gasteiger partial charge in [0.1, 0.15) is 17.7 Å². The van der Waals surface area contributed by atoms with Crippen LogP contribution in [0.15, 0.2) is 53.8 Å². The summed E-state index contributed by atoms with van der Waals surface area (Å²) in [4.78, 5) is 43.1. The summed E-state index contributed by atoms with van der Waals surface area (Å²) in [6, 6.07) is 8.13. The van der Waals surface area contributed by atoms with E-state index >= 15 is 0 Å². The van der Waals surface area contributed by atoms with E-state index in [9.17, 15) is 28.3 Å². The molecule has 1 aliphatic heterocycles. The Morgan fingerprint density at radius 3 is 2.67 bits per heavy atom.